The van der Waals surface area contributed by atoms with Gasteiger partial charge in [-0.2, -0.15) is 5.26 Å². The minimum Gasteiger partial charge on any atom is -0.326 e. The third-order valence-electron chi connectivity index (χ3n) is 3.56. The van der Waals surface area contributed by atoms with E-state index in [1.165, 1.54) is 4.90 Å². The molecular weight excluding hydrogens is 314 g/mol. The van der Waals surface area contributed by atoms with Crippen LogP contribution in [0.5, 0.6) is 0 Å². The molecule has 0 atom stereocenters. The van der Waals surface area contributed by atoms with Gasteiger partial charge >= 0.3 is 11.8 Å². The molecule has 2 amide bonds. The van der Waals surface area contributed by atoms with Crippen molar-refractivity contribution in [2.75, 3.05) is 11.9 Å². The molecule has 1 N–H and O–H groups in total. The van der Waals surface area contributed by atoms with Gasteiger partial charge in [0.05, 0.1) is 11.6 Å². The zero-order chi connectivity index (χ0) is 18.2. The minimum absolute atomic E-state index is 0.250. The summed E-state index contributed by atoms with van der Waals surface area (Å²) in [5.41, 5.74) is 2.95. The summed E-state index contributed by atoms with van der Waals surface area (Å²) in [6, 6.07) is 16.2. The van der Waals surface area contributed by atoms with E-state index < -0.39 is 11.8 Å². The van der Waals surface area contributed by atoms with Crippen molar-refractivity contribution in [3.8, 4) is 6.07 Å². The van der Waals surface area contributed by atoms with Crippen LogP contribution >= 0.6 is 0 Å². The minimum atomic E-state index is -0.693. The predicted octanol–water partition coefficient (Wildman–Crippen LogP) is 3.02. The maximum Gasteiger partial charge on any atom is 0.313 e. The van der Waals surface area contributed by atoms with Crippen LogP contribution in [-0.2, 0) is 16.1 Å². The van der Waals surface area contributed by atoms with Crippen LogP contribution in [0, 0.1) is 18.3 Å². The number of nitrogens with zero attached hydrogens (tertiary/aromatic N) is 2. The molecule has 0 heterocycles. The Morgan fingerprint density at radius 3 is 2.56 bits per heavy atom. The first-order valence-corrected chi connectivity index (χ1v) is 7.80. The average molecular weight is 333 g/mol. The number of nitriles is 1. The Hall–Kier alpha value is -3.39. The van der Waals surface area contributed by atoms with Crippen molar-refractivity contribution in [3.05, 3.63) is 77.9 Å². The van der Waals surface area contributed by atoms with Gasteiger partial charge in [0, 0.05) is 18.8 Å². The average Bonchev–Trinajstić information content (AvgIpc) is 2.61. The molecule has 126 valence electrons. The number of aryl methyl sites for hydroxylation is 1. The smallest absolute Gasteiger partial charge is 0.313 e. The summed E-state index contributed by atoms with van der Waals surface area (Å²) in [5.74, 6) is -1.33. The zero-order valence-corrected chi connectivity index (χ0v) is 14.0. The second-order valence-electron chi connectivity index (χ2n) is 5.61. The third-order valence-corrected chi connectivity index (χ3v) is 3.56. The fourth-order valence-electron chi connectivity index (χ4n) is 2.33. The maximum atomic E-state index is 12.5. The Morgan fingerprint density at radius 2 is 1.96 bits per heavy atom. The highest BCUT2D eigenvalue weighted by atomic mass is 16.2. The molecule has 0 bridgehead atoms. The standard InChI is InChI=1S/C20H19N3O2/c1-3-11-23(14-17-9-7-16(13-21)8-10-17)20(25)19(24)22-18-6-4-5-15(2)12-18/h3-10,12H,1,11,14H2,2H3,(H,22,24). The molecule has 2 aromatic rings. The van der Waals surface area contributed by atoms with E-state index in [4.69, 9.17) is 5.26 Å². The van der Waals surface area contributed by atoms with E-state index >= 15 is 0 Å². The second-order valence-corrected chi connectivity index (χ2v) is 5.61. The monoisotopic (exact) mass is 333 g/mol. The summed E-state index contributed by atoms with van der Waals surface area (Å²) in [5, 5.41) is 11.5. The van der Waals surface area contributed by atoms with Crippen LogP contribution in [0.2, 0.25) is 0 Å². The number of carbonyl (C=O) groups excluding carboxylic acids is 2. The van der Waals surface area contributed by atoms with Gasteiger partial charge in [0.2, 0.25) is 0 Å². The molecule has 0 radical (unpaired) electrons. The van der Waals surface area contributed by atoms with Crippen molar-refractivity contribution < 1.29 is 9.59 Å². The van der Waals surface area contributed by atoms with Gasteiger partial charge in [-0.15, -0.1) is 6.58 Å². The quantitative estimate of drug-likeness (QED) is 0.675. The van der Waals surface area contributed by atoms with E-state index in [1.54, 1.807) is 42.5 Å². The number of anilines is 1. The third kappa shape index (κ3) is 5.05. The number of carbonyl (C=O) groups is 2. The molecular formula is C20H19N3O2. The SMILES string of the molecule is C=CCN(Cc1ccc(C#N)cc1)C(=O)C(=O)Nc1cccc(C)c1. The van der Waals surface area contributed by atoms with E-state index in [-0.39, 0.29) is 13.1 Å². The fraction of sp³-hybridized carbons (Fsp3) is 0.150. The molecule has 0 fully saturated rings. The van der Waals surface area contributed by atoms with E-state index in [2.05, 4.69) is 11.9 Å². The van der Waals surface area contributed by atoms with Crippen LogP contribution in [0.4, 0.5) is 5.69 Å². The second kappa shape index (κ2) is 8.46. The van der Waals surface area contributed by atoms with Crippen molar-refractivity contribution in [2.24, 2.45) is 0 Å². The molecule has 2 aromatic carbocycles. The molecule has 0 spiro atoms. The highest BCUT2D eigenvalue weighted by Crippen LogP contribution is 2.11. The van der Waals surface area contributed by atoms with Crippen molar-refractivity contribution >= 4 is 17.5 Å². The summed E-state index contributed by atoms with van der Waals surface area (Å²) < 4.78 is 0. The van der Waals surface area contributed by atoms with E-state index in [0.29, 0.717) is 11.3 Å². The first-order chi connectivity index (χ1) is 12.0. The van der Waals surface area contributed by atoms with Gasteiger partial charge in [-0.05, 0) is 42.3 Å². The lowest BCUT2D eigenvalue weighted by Gasteiger charge is -2.20. The molecule has 0 aliphatic carbocycles. The number of benzene rings is 2. The van der Waals surface area contributed by atoms with Crippen LogP contribution in [0.25, 0.3) is 0 Å². The first kappa shape index (κ1) is 18.0. The van der Waals surface area contributed by atoms with Crippen LogP contribution in [-0.4, -0.2) is 23.3 Å². The zero-order valence-electron chi connectivity index (χ0n) is 14.0. The van der Waals surface area contributed by atoms with E-state index in [1.807, 2.05) is 25.1 Å². The Kier molecular flexibility index (Phi) is 6.08. The lowest BCUT2D eigenvalue weighted by molar-refractivity contribution is -0.143. The van der Waals surface area contributed by atoms with Gasteiger partial charge < -0.3 is 10.2 Å². The van der Waals surface area contributed by atoms with Crippen molar-refractivity contribution in [1.82, 2.24) is 4.90 Å². The molecule has 25 heavy (non-hydrogen) atoms. The molecule has 2 rings (SSSR count). The molecule has 5 nitrogen and oxygen atoms in total. The Labute approximate surface area is 147 Å². The summed E-state index contributed by atoms with van der Waals surface area (Å²) >= 11 is 0. The molecule has 0 aromatic heterocycles. The van der Waals surface area contributed by atoms with Crippen molar-refractivity contribution in [1.29, 1.82) is 5.26 Å². The fourth-order valence-corrected chi connectivity index (χ4v) is 2.33. The highest BCUT2D eigenvalue weighted by molar-refractivity contribution is 6.39. The molecule has 0 saturated carbocycles. The van der Waals surface area contributed by atoms with Gasteiger partial charge in [0.25, 0.3) is 0 Å². The van der Waals surface area contributed by atoms with Crippen LogP contribution in [0.3, 0.4) is 0 Å². The Morgan fingerprint density at radius 1 is 1.24 bits per heavy atom. The van der Waals surface area contributed by atoms with Crippen LogP contribution in [0.15, 0.2) is 61.2 Å². The lowest BCUT2D eigenvalue weighted by Crippen LogP contribution is -2.39. The van der Waals surface area contributed by atoms with Crippen LogP contribution < -0.4 is 5.32 Å². The predicted molar refractivity (Wildman–Crippen MR) is 96.6 cm³/mol. The first-order valence-electron chi connectivity index (χ1n) is 7.80. The maximum absolute atomic E-state index is 12.5. The molecule has 5 heteroatoms. The molecule has 0 aliphatic heterocycles. The molecule has 0 saturated heterocycles. The lowest BCUT2D eigenvalue weighted by atomic mass is 10.1. The van der Waals surface area contributed by atoms with Gasteiger partial charge in [-0.25, -0.2) is 0 Å². The van der Waals surface area contributed by atoms with Crippen LogP contribution in [0.1, 0.15) is 16.7 Å². The van der Waals surface area contributed by atoms with Gasteiger partial charge in [0.15, 0.2) is 0 Å². The van der Waals surface area contributed by atoms with E-state index in [0.717, 1.165) is 11.1 Å². The van der Waals surface area contributed by atoms with Crippen molar-refractivity contribution in [2.45, 2.75) is 13.5 Å². The number of amides is 2. The normalized spacial score (nSPS) is 9.76. The van der Waals surface area contributed by atoms with Gasteiger partial charge in [-0.3, -0.25) is 9.59 Å². The largest absolute Gasteiger partial charge is 0.326 e. The Balaban J connectivity index is 2.09. The number of rotatable bonds is 5. The van der Waals surface area contributed by atoms with Crippen molar-refractivity contribution in [3.63, 3.8) is 0 Å². The summed E-state index contributed by atoms with van der Waals surface area (Å²) in [7, 11) is 0. The molecule has 0 aliphatic rings. The summed E-state index contributed by atoms with van der Waals surface area (Å²) in [6.45, 7) is 6.06. The van der Waals surface area contributed by atoms with Gasteiger partial charge in [-0.1, -0.05) is 30.3 Å². The summed E-state index contributed by atoms with van der Waals surface area (Å²) in [6.07, 6.45) is 1.57. The van der Waals surface area contributed by atoms with E-state index in [9.17, 15) is 9.59 Å². The number of hydrogen-bond acceptors (Lipinski definition) is 3. The molecule has 0 unspecified atom stereocenters. The Bertz CT molecular complexity index is 820. The number of nitrogens with one attached hydrogen (secondary N) is 1. The number of hydrogen-bond donors (Lipinski definition) is 1. The topological polar surface area (TPSA) is 73.2 Å². The van der Waals surface area contributed by atoms with Gasteiger partial charge in [0.1, 0.15) is 0 Å². The highest BCUT2D eigenvalue weighted by Gasteiger charge is 2.21. The summed E-state index contributed by atoms with van der Waals surface area (Å²) in [4.78, 5) is 26.1.